The van der Waals surface area contributed by atoms with Gasteiger partial charge in [-0.3, -0.25) is 4.79 Å². The Morgan fingerprint density at radius 1 is 1.21 bits per heavy atom. The lowest BCUT2D eigenvalue weighted by Gasteiger charge is -2.18. The van der Waals surface area contributed by atoms with Crippen LogP contribution >= 0.6 is 0 Å². The number of amides is 1. The number of aryl methyl sites for hydroxylation is 2. The van der Waals surface area contributed by atoms with E-state index in [4.69, 9.17) is 10.5 Å². The Labute approximate surface area is 144 Å². The number of para-hydroxylation sites is 1. The van der Waals surface area contributed by atoms with Gasteiger partial charge in [0.25, 0.3) is 0 Å². The van der Waals surface area contributed by atoms with E-state index in [0.717, 1.165) is 29.0 Å². The highest BCUT2D eigenvalue weighted by Crippen LogP contribution is 2.15. The minimum Gasteiger partial charge on any atom is -0.489 e. The molecule has 0 saturated carbocycles. The summed E-state index contributed by atoms with van der Waals surface area (Å²) in [5.74, 6) is 0.859. The quantitative estimate of drug-likeness (QED) is 0.730. The molecule has 0 bridgehead atoms. The van der Waals surface area contributed by atoms with Crippen LogP contribution < -0.4 is 15.8 Å². The Kier molecular flexibility index (Phi) is 6.67. The normalized spacial score (nSPS) is 11.8. The van der Waals surface area contributed by atoms with Crippen LogP contribution in [0.1, 0.15) is 30.9 Å². The first-order valence-electron chi connectivity index (χ1n) is 8.42. The Morgan fingerprint density at radius 2 is 2.00 bits per heavy atom. The van der Waals surface area contributed by atoms with E-state index in [-0.39, 0.29) is 12.0 Å². The largest absolute Gasteiger partial charge is 0.489 e. The first kappa shape index (κ1) is 17.9. The number of nitrogen functional groups attached to an aromatic ring is 1. The predicted octanol–water partition coefficient (Wildman–Crippen LogP) is 3.48. The molecule has 0 fully saturated rings. The molecule has 1 unspecified atom stereocenters. The lowest BCUT2D eigenvalue weighted by atomic mass is 10.1. The zero-order valence-corrected chi connectivity index (χ0v) is 14.4. The van der Waals surface area contributed by atoms with Crippen molar-refractivity contribution in [2.45, 2.75) is 39.2 Å². The van der Waals surface area contributed by atoms with E-state index in [9.17, 15) is 4.79 Å². The number of ether oxygens (including phenoxy) is 1. The molecule has 0 aromatic heterocycles. The fourth-order valence-electron chi connectivity index (χ4n) is 2.48. The highest BCUT2D eigenvalue weighted by Gasteiger charge is 2.11. The van der Waals surface area contributed by atoms with E-state index in [0.29, 0.717) is 19.4 Å². The Morgan fingerprint density at radius 3 is 2.71 bits per heavy atom. The number of nitrogens with one attached hydrogen (secondary N) is 1. The van der Waals surface area contributed by atoms with E-state index >= 15 is 0 Å². The molecule has 2 aromatic rings. The lowest BCUT2D eigenvalue weighted by molar-refractivity contribution is -0.121. The maximum absolute atomic E-state index is 12.0. The molecule has 0 heterocycles. The smallest absolute Gasteiger partial charge is 0.220 e. The monoisotopic (exact) mass is 326 g/mol. The summed E-state index contributed by atoms with van der Waals surface area (Å²) in [6.45, 7) is 4.59. The average molecular weight is 326 g/mol. The van der Waals surface area contributed by atoms with Crippen molar-refractivity contribution in [2.75, 3.05) is 12.3 Å². The van der Waals surface area contributed by atoms with Crippen LogP contribution in [0.4, 0.5) is 5.69 Å². The van der Waals surface area contributed by atoms with Gasteiger partial charge in [-0.1, -0.05) is 37.3 Å². The van der Waals surface area contributed by atoms with Crippen LogP contribution in [0, 0.1) is 6.92 Å². The molecule has 0 spiro atoms. The summed E-state index contributed by atoms with van der Waals surface area (Å²) in [6.07, 6.45) is 1.88. The first-order chi connectivity index (χ1) is 11.6. The SMILES string of the molecule is CCC(CNC(=O)CCc1ccccc1N)Oc1cccc(C)c1. The summed E-state index contributed by atoms with van der Waals surface area (Å²) in [5, 5.41) is 2.95. The van der Waals surface area contributed by atoms with E-state index in [1.54, 1.807) is 0 Å². The molecule has 1 atom stereocenters. The molecule has 4 heteroatoms. The molecule has 24 heavy (non-hydrogen) atoms. The summed E-state index contributed by atoms with van der Waals surface area (Å²) >= 11 is 0. The molecule has 2 rings (SSSR count). The van der Waals surface area contributed by atoms with Gasteiger partial charge in [-0.15, -0.1) is 0 Å². The molecule has 0 aliphatic heterocycles. The second-order valence-electron chi connectivity index (χ2n) is 5.97. The molecule has 1 amide bonds. The van der Waals surface area contributed by atoms with Crippen LogP contribution in [0.15, 0.2) is 48.5 Å². The fraction of sp³-hybridized carbons (Fsp3) is 0.350. The van der Waals surface area contributed by atoms with Gasteiger partial charge >= 0.3 is 0 Å². The standard InChI is InChI=1S/C20H26N2O2/c1-3-17(24-18-9-6-7-15(2)13-18)14-22-20(23)12-11-16-8-4-5-10-19(16)21/h4-10,13,17H,3,11-12,14,21H2,1-2H3,(H,22,23). The van der Waals surface area contributed by atoms with E-state index in [2.05, 4.69) is 12.2 Å². The van der Waals surface area contributed by atoms with Gasteiger partial charge in [0.15, 0.2) is 0 Å². The molecular formula is C20H26N2O2. The molecule has 0 aliphatic carbocycles. The summed E-state index contributed by atoms with van der Waals surface area (Å²) in [4.78, 5) is 12.0. The van der Waals surface area contributed by atoms with Gasteiger partial charge in [0, 0.05) is 12.1 Å². The van der Waals surface area contributed by atoms with Crippen molar-refractivity contribution in [1.29, 1.82) is 0 Å². The van der Waals surface area contributed by atoms with Gasteiger partial charge in [-0.2, -0.15) is 0 Å². The molecule has 0 aliphatic rings. The third-order valence-electron chi connectivity index (χ3n) is 3.95. The molecular weight excluding hydrogens is 300 g/mol. The first-order valence-corrected chi connectivity index (χ1v) is 8.42. The average Bonchev–Trinajstić information content (AvgIpc) is 2.58. The van der Waals surface area contributed by atoms with Crippen LogP contribution in [-0.4, -0.2) is 18.6 Å². The Hall–Kier alpha value is -2.49. The third kappa shape index (κ3) is 5.61. The summed E-state index contributed by atoms with van der Waals surface area (Å²) < 4.78 is 5.94. The zero-order valence-electron chi connectivity index (χ0n) is 14.4. The minimum absolute atomic E-state index is 0.0181. The zero-order chi connectivity index (χ0) is 17.4. The van der Waals surface area contributed by atoms with Gasteiger partial charge in [0.1, 0.15) is 11.9 Å². The van der Waals surface area contributed by atoms with E-state index in [1.165, 1.54) is 0 Å². The van der Waals surface area contributed by atoms with Crippen LogP contribution in [0.2, 0.25) is 0 Å². The predicted molar refractivity (Wildman–Crippen MR) is 98.1 cm³/mol. The fourth-order valence-corrected chi connectivity index (χ4v) is 2.48. The number of benzene rings is 2. The van der Waals surface area contributed by atoms with Crippen molar-refractivity contribution in [1.82, 2.24) is 5.32 Å². The molecule has 4 nitrogen and oxygen atoms in total. The third-order valence-corrected chi connectivity index (χ3v) is 3.95. The maximum Gasteiger partial charge on any atom is 0.220 e. The van der Waals surface area contributed by atoms with Gasteiger partial charge in [0.2, 0.25) is 5.91 Å². The van der Waals surface area contributed by atoms with E-state index in [1.807, 2.05) is 55.5 Å². The Balaban J connectivity index is 1.78. The number of anilines is 1. The molecule has 3 N–H and O–H groups in total. The summed E-state index contributed by atoms with van der Waals surface area (Å²) in [5.41, 5.74) is 8.80. The number of carbonyl (C=O) groups is 1. The second kappa shape index (κ2) is 8.96. The summed E-state index contributed by atoms with van der Waals surface area (Å²) in [6, 6.07) is 15.6. The number of nitrogens with two attached hydrogens (primary N) is 1. The minimum atomic E-state index is -0.0301. The highest BCUT2D eigenvalue weighted by molar-refractivity contribution is 5.76. The van der Waals surface area contributed by atoms with Crippen molar-refractivity contribution in [2.24, 2.45) is 0 Å². The maximum atomic E-state index is 12.0. The topological polar surface area (TPSA) is 64.4 Å². The molecule has 0 saturated heterocycles. The molecule has 128 valence electrons. The van der Waals surface area contributed by atoms with Crippen LogP contribution in [-0.2, 0) is 11.2 Å². The van der Waals surface area contributed by atoms with Crippen molar-refractivity contribution in [3.63, 3.8) is 0 Å². The number of carbonyl (C=O) groups excluding carboxylic acids is 1. The van der Waals surface area contributed by atoms with Gasteiger partial charge in [-0.25, -0.2) is 0 Å². The van der Waals surface area contributed by atoms with Crippen molar-refractivity contribution in [3.8, 4) is 5.75 Å². The van der Waals surface area contributed by atoms with E-state index < -0.39 is 0 Å². The number of hydrogen-bond acceptors (Lipinski definition) is 3. The van der Waals surface area contributed by atoms with Crippen LogP contribution in [0.25, 0.3) is 0 Å². The van der Waals surface area contributed by atoms with Crippen molar-refractivity contribution >= 4 is 11.6 Å². The lowest BCUT2D eigenvalue weighted by Crippen LogP contribution is -2.35. The number of rotatable bonds is 8. The van der Waals surface area contributed by atoms with Crippen LogP contribution in [0.5, 0.6) is 5.75 Å². The van der Waals surface area contributed by atoms with Crippen molar-refractivity contribution < 1.29 is 9.53 Å². The highest BCUT2D eigenvalue weighted by atomic mass is 16.5. The molecule has 2 aromatic carbocycles. The van der Waals surface area contributed by atoms with Crippen molar-refractivity contribution in [3.05, 3.63) is 59.7 Å². The Bertz CT molecular complexity index is 670. The summed E-state index contributed by atoms with van der Waals surface area (Å²) in [7, 11) is 0. The second-order valence-corrected chi connectivity index (χ2v) is 5.97. The van der Waals surface area contributed by atoms with Gasteiger partial charge in [-0.05, 0) is 49.1 Å². The van der Waals surface area contributed by atoms with Gasteiger partial charge < -0.3 is 15.8 Å². The molecule has 0 radical (unpaired) electrons. The van der Waals surface area contributed by atoms with Gasteiger partial charge in [0.05, 0.1) is 6.54 Å². The number of hydrogen-bond donors (Lipinski definition) is 2. The van der Waals surface area contributed by atoms with Crippen LogP contribution in [0.3, 0.4) is 0 Å².